The lowest BCUT2D eigenvalue weighted by atomic mass is 9.80. The molecule has 5 heterocycles. The third-order valence-corrected chi connectivity index (χ3v) is 6.23. The van der Waals surface area contributed by atoms with Crippen molar-refractivity contribution < 1.29 is 40.7 Å². The van der Waals surface area contributed by atoms with Crippen molar-refractivity contribution in [1.82, 2.24) is 24.7 Å². The number of halogens is 6. The van der Waals surface area contributed by atoms with Gasteiger partial charge in [-0.1, -0.05) is 0 Å². The zero-order valence-corrected chi connectivity index (χ0v) is 18.4. The summed E-state index contributed by atoms with van der Waals surface area (Å²) in [5.41, 5.74) is -1.97. The molecule has 2 atom stereocenters. The van der Waals surface area contributed by atoms with Gasteiger partial charge >= 0.3 is 12.1 Å². The van der Waals surface area contributed by atoms with Gasteiger partial charge < -0.3 is 15.4 Å². The molecule has 3 aromatic heterocycles. The molecule has 0 bridgehead atoms. The molecule has 0 saturated heterocycles. The maximum atomic E-state index is 14.0. The van der Waals surface area contributed by atoms with Gasteiger partial charge in [0.05, 0.1) is 23.1 Å². The quantitative estimate of drug-likeness (QED) is 0.501. The number of carbonyl (C=O) groups excluding carboxylic acids is 2. The average Bonchev–Trinajstić information content (AvgIpc) is 3.30. The topological polar surface area (TPSA) is 124 Å². The van der Waals surface area contributed by atoms with Crippen LogP contribution in [0, 0.1) is 11.7 Å². The van der Waals surface area contributed by atoms with Gasteiger partial charge in [-0.05, 0) is 13.0 Å². The molecule has 0 aliphatic carbocycles. The molecule has 0 fully saturated rings. The van der Waals surface area contributed by atoms with E-state index in [1.807, 2.05) is 0 Å². The molecule has 0 radical (unpaired) electrons. The Morgan fingerprint density at radius 3 is 2.44 bits per heavy atom. The SMILES string of the molecule is CO[C@]12C(=O)Nc3nc(-c4nn(CCC(F)(F)C(F)(F)F)c5ncc(F)cc45)nc(c31)NC(=O)[C@H]2C. The number of nitrogens with zero attached hydrogens (tertiary/aromatic N) is 5. The van der Waals surface area contributed by atoms with Gasteiger partial charge in [-0.2, -0.15) is 27.1 Å². The van der Waals surface area contributed by atoms with Crippen LogP contribution in [-0.4, -0.2) is 55.8 Å². The number of aromatic nitrogens is 5. The van der Waals surface area contributed by atoms with Gasteiger partial charge in [0.1, 0.15) is 23.1 Å². The number of carbonyl (C=O) groups is 2. The standard InChI is InChI=1S/C20H15F6N7O3/c1-7-16(34)30-12-10-13(31-17(35)19(7,10)36-2)29-14(28-12)11-9-5-8(21)6-27-15(9)33(32-11)4-3-18(22,23)20(24,25)26/h5-7H,3-4H2,1-2H3,(H2,28,29,30,31,34,35)/t7-,19+/m1/s1. The van der Waals surface area contributed by atoms with E-state index >= 15 is 0 Å². The van der Waals surface area contributed by atoms with Crippen LogP contribution in [0.4, 0.5) is 38.0 Å². The number of nitrogens with one attached hydrogen (secondary N) is 2. The van der Waals surface area contributed by atoms with Crippen LogP contribution < -0.4 is 10.6 Å². The third kappa shape index (κ3) is 3.23. The van der Waals surface area contributed by atoms with Crippen LogP contribution in [0.25, 0.3) is 22.6 Å². The van der Waals surface area contributed by atoms with E-state index in [4.69, 9.17) is 4.74 Å². The minimum absolute atomic E-state index is 0.0376. The maximum absolute atomic E-state index is 14.0. The highest BCUT2D eigenvalue weighted by Crippen LogP contribution is 2.49. The van der Waals surface area contributed by atoms with Gasteiger partial charge in [0.25, 0.3) is 5.91 Å². The second kappa shape index (κ2) is 7.59. The van der Waals surface area contributed by atoms with E-state index in [0.29, 0.717) is 0 Å². The normalized spacial score (nSPS) is 21.5. The van der Waals surface area contributed by atoms with Gasteiger partial charge in [0.15, 0.2) is 17.1 Å². The van der Waals surface area contributed by atoms with Crippen LogP contribution in [0.15, 0.2) is 12.3 Å². The van der Waals surface area contributed by atoms with Crippen LogP contribution in [0.1, 0.15) is 18.9 Å². The number of fused-ring (bicyclic) bond motifs is 1. The first-order valence-electron chi connectivity index (χ1n) is 10.4. The molecule has 190 valence electrons. The molecule has 2 aliphatic rings. The van der Waals surface area contributed by atoms with Crippen molar-refractivity contribution in [2.45, 2.75) is 37.6 Å². The lowest BCUT2D eigenvalue weighted by Gasteiger charge is -2.35. The van der Waals surface area contributed by atoms with Crippen LogP contribution in [0.5, 0.6) is 0 Å². The average molecular weight is 515 g/mol. The number of alkyl halides is 5. The molecule has 0 aromatic carbocycles. The number of hydrogen-bond donors (Lipinski definition) is 2. The summed E-state index contributed by atoms with van der Waals surface area (Å²) in [6.45, 7) is 0.557. The molecule has 10 nitrogen and oxygen atoms in total. The zero-order chi connectivity index (χ0) is 26.2. The van der Waals surface area contributed by atoms with E-state index in [1.165, 1.54) is 14.0 Å². The Morgan fingerprint density at radius 1 is 1.14 bits per heavy atom. The maximum Gasteiger partial charge on any atom is 0.453 e. The van der Waals surface area contributed by atoms with E-state index in [1.54, 1.807) is 0 Å². The van der Waals surface area contributed by atoms with Gasteiger partial charge in [-0.15, -0.1) is 0 Å². The minimum atomic E-state index is -5.77. The molecule has 0 unspecified atom stereocenters. The number of aryl methyl sites for hydroxylation is 1. The molecule has 0 spiro atoms. The number of methoxy groups -OCH3 is 1. The summed E-state index contributed by atoms with van der Waals surface area (Å²) in [7, 11) is 1.24. The van der Waals surface area contributed by atoms with E-state index in [9.17, 15) is 35.9 Å². The fraction of sp³-hybridized carbons (Fsp3) is 0.400. The Bertz CT molecular complexity index is 1440. The molecule has 2 aliphatic heterocycles. The van der Waals surface area contributed by atoms with Crippen LogP contribution in [-0.2, 0) is 26.5 Å². The molecule has 2 amide bonds. The van der Waals surface area contributed by atoms with Crippen molar-refractivity contribution in [3.05, 3.63) is 23.6 Å². The monoisotopic (exact) mass is 515 g/mol. The first-order chi connectivity index (χ1) is 16.8. The van der Waals surface area contributed by atoms with E-state index in [-0.39, 0.29) is 39.8 Å². The largest absolute Gasteiger partial charge is 0.453 e. The minimum Gasteiger partial charge on any atom is -0.363 e. The van der Waals surface area contributed by atoms with Crippen molar-refractivity contribution in [3.8, 4) is 11.5 Å². The Hall–Kier alpha value is -3.82. The Morgan fingerprint density at radius 2 is 1.81 bits per heavy atom. The molecule has 2 N–H and O–H groups in total. The summed E-state index contributed by atoms with van der Waals surface area (Å²) in [5.74, 6) is -8.47. The molecule has 36 heavy (non-hydrogen) atoms. The summed E-state index contributed by atoms with van der Waals surface area (Å²) in [4.78, 5) is 37.6. The second-order valence-corrected chi connectivity index (χ2v) is 8.27. The predicted molar refractivity (Wildman–Crippen MR) is 109 cm³/mol. The smallest absolute Gasteiger partial charge is 0.363 e. The first-order valence-corrected chi connectivity index (χ1v) is 10.4. The zero-order valence-electron chi connectivity index (χ0n) is 18.4. The number of pyridine rings is 1. The van der Waals surface area contributed by atoms with Crippen molar-refractivity contribution in [2.75, 3.05) is 17.7 Å². The number of amides is 2. The molecule has 5 rings (SSSR count). The Kier molecular flexibility index (Phi) is 5.04. The van der Waals surface area contributed by atoms with Crippen molar-refractivity contribution >= 4 is 34.5 Å². The lowest BCUT2D eigenvalue weighted by molar-refractivity contribution is -0.285. The van der Waals surface area contributed by atoms with Gasteiger partial charge in [-0.25, -0.2) is 24.0 Å². The van der Waals surface area contributed by atoms with E-state index in [0.717, 1.165) is 16.9 Å². The summed E-state index contributed by atoms with van der Waals surface area (Å²) >= 11 is 0. The molecule has 0 saturated carbocycles. The number of rotatable bonds is 5. The number of ether oxygens (including phenoxy) is 1. The van der Waals surface area contributed by atoms with E-state index in [2.05, 4.69) is 30.7 Å². The second-order valence-electron chi connectivity index (χ2n) is 8.27. The number of hydrogen-bond acceptors (Lipinski definition) is 7. The predicted octanol–water partition coefficient (Wildman–Crippen LogP) is 3.00. The van der Waals surface area contributed by atoms with Gasteiger partial charge in [0.2, 0.25) is 5.91 Å². The van der Waals surface area contributed by atoms with E-state index < -0.39 is 54.2 Å². The molecular formula is C20H15F6N7O3. The van der Waals surface area contributed by atoms with Crippen LogP contribution in [0.2, 0.25) is 0 Å². The van der Waals surface area contributed by atoms with Gasteiger partial charge in [0, 0.05) is 20.1 Å². The highest BCUT2D eigenvalue weighted by molar-refractivity contribution is 6.13. The van der Waals surface area contributed by atoms with Crippen LogP contribution >= 0.6 is 0 Å². The molecule has 3 aromatic rings. The Labute approximate surface area is 197 Å². The fourth-order valence-electron chi connectivity index (χ4n) is 4.35. The highest BCUT2D eigenvalue weighted by Gasteiger charge is 2.59. The summed E-state index contributed by atoms with van der Waals surface area (Å²) in [6.07, 6.45) is -6.68. The molecular weight excluding hydrogens is 500 g/mol. The van der Waals surface area contributed by atoms with Crippen molar-refractivity contribution in [3.63, 3.8) is 0 Å². The number of anilines is 2. The first kappa shape index (κ1) is 23.9. The van der Waals surface area contributed by atoms with Gasteiger partial charge in [-0.3, -0.25) is 9.59 Å². The lowest BCUT2D eigenvalue weighted by Crippen LogP contribution is -2.50. The highest BCUT2D eigenvalue weighted by atomic mass is 19.4. The fourth-order valence-corrected chi connectivity index (χ4v) is 4.35. The van der Waals surface area contributed by atoms with Crippen molar-refractivity contribution in [2.24, 2.45) is 5.92 Å². The van der Waals surface area contributed by atoms with Crippen molar-refractivity contribution in [1.29, 1.82) is 0 Å². The molecule has 16 heteroatoms. The third-order valence-electron chi connectivity index (χ3n) is 6.23. The summed E-state index contributed by atoms with van der Waals surface area (Å²) in [5, 5.41) is 8.96. The van der Waals surface area contributed by atoms with Crippen LogP contribution in [0.3, 0.4) is 0 Å². The Balaban J connectivity index is 1.64. The summed E-state index contributed by atoms with van der Waals surface area (Å²) < 4.78 is 85.1. The summed E-state index contributed by atoms with van der Waals surface area (Å²) in [6, 6.07) is 0.934.